The van der Waals surface area contributed by atoms with Crippen molar-refractivity contribution in [2.45, 2.75) is 38.1 Å². The van der Waals surface area contributed by atoms with Crippen LogP contribution in [-0.4, -0.2) is 29.5 Å². The Kier molecular flexibility index (Phi) is 3.97. The van der Waals surface area contributed by atoms with Crippen LogP contribution in [0, 0.1) is 6.92 Å². The highest BCUT2D eigenvalue weighted by atomic mass is 19.4. The van der Waals surface area contributed by atoms with Crippen molar-refractivity contribution in [1.29, 1.82) is 0 Å². The highest BCUT2D eigenvalue weighted by molar-refractivity contribution is 5.57. The summed E-state index contributed by atoms with van der Waals surface area (Å²) >= 11 is 0. The molecule has 20 heavy (non-hydrogen) atoms. The maximum atomic E-state index is 12.9. The van der Waals surface area contributed by atoms with Gasteiger partial charge in [-0.3, -0.25) is 0 Å². The van der Waals surface area contributed by atoms with Gasteiger partial charge in [-0.15, -0.1) is 0 Å². The van der Waals surface area contributed by atoms with Crippen molar-refractivity contribution in [2.24, 2.45) is 0 Å². The summed E-state index contributed by atoms with van der Waals surface area (Å²) in [5.41, 5.74) is 0.307. The smallest absolute Gasteiger partial charge is 0.371 e. The molecule has 1 aromatic rings. The lowest BCUT2D eigenvalue weighted by molar-refractivity contribution is -0.358. The third-order valence-corrected chi connectivity index (χ3v) is 3.62. The number of hydrogen-bond donors (Lipinski definition) is 2. The van der Waals surface area contributed by atoms with Crippen molar-refractivity contribution in [1.82, 2.24) is 0 Å². The zero-order valence-electron chi connectivity index (χ0n) is 11.2. The van der Waals surface area contributed by atoms with Crippen molar-refractivity contribution in [3.63, 3.8) is 0 Å². The van der Waals surface area contributed by atoms with Crippen LogP contribution < -0.4 is 4.90 Å². The summed E-state index contributed by atoms with van der Waals surface area (Å²) < 4.78 is 38.6. The standard InChI is InChI=1S/C14H18F3NO2/c1-10-5-6-12(18-7-3-2-4-8-18)11(9-10)13(19,20)14(15,16)17/h5-6,9,19-20H,2-4,7-8H2,1H3. The summed E-state index contributed by atoms with van der Waals surface area (Å²) in [4.78, 5) is 1.78. The molecule has 0 amide bonds. The fraction of sp³-hybridized carbons (Fsp3) is 0.571. The zero-order valence-corrected chi connectivity index (χ0v) is 11.2. The zero-order chi connectivity index (χ0) is 15.0. The highest BCUT2D eigenvalue weighted by Crippen LogP contribution is 2.41. The second-order valence-corrected chi connectivity index (χ2v) is 5.24. The Balaban J connectivity index is 2.48. The monoisotopic (exact) mass is 289 g/mol. The Bertz CT molecular complexity index is 480. The fourth-order valence-electron chi connectivity index (χ4n) is 2.49. The molecular weight excluding hydrogens is 271 g/mol. The number of hydrogen-bond acceptors (Lipinski definition) is 3. The molecule has 1 aromatic carbocycles. The van der Waals surface area contributed by atoms with E-state index in [1.807, 2.05) is 0 Å². The molecule has 2 rings (SSSR count). The van der Waals surface area contributed by atoms with Gasteiger partial charge in [0.15, 0.2) is 0 Å². The van der Waals surface area contributed by atoms with Crippen molar-refractivity contribution < 1.29 is 23.4 Å². The molecule has 1 fully saturated rings. The van der Waals surface area contributed by atoms with Crippen LogP contribution in [0.5, 0.6) is 0 Å². The third-order valence-electron chi connectivity index (χ3n) is 3.62. The van der Waals surface area contributed by atoms with Crippen LogP contribution in [0.2, 0.25) is 0 Å². The van der Waals surface area contributed by atoms with Gasteiger partial charge in [0.05, 0.1) is 0 Å². The van der Waals surface area contributed by atoms with Crippen LogP contribution in [0.4, 0.5) is 18.9 Å². The number of benzene rings is 1. The summed E-state index contributed by atoms with van der Waals surface area (Å²) in [5, 5.41) is 19.1. The van der Waals surface area contributed by atoms with E-state index in [-0.39, 0.29) is 5.69 Å². The van der Waals surface area contributed by atoms with Gasteiger partial charge in [-0.25, -0.2) is 0 Å². The molecule has 1 saturated heterocycles. The van der Waals surface area contributed by atoms with Crippen molar-refractivity contribution in [3.8, 4) is 0 Å². The Morgan fingerprint density at radius 1 is 1.05 bits per heavy atom. The summed E-state index contributed by atoms with van der Waals surface area (Å²) in [7, 11) is 0. The molecule has 1 aliphatic rings. The van der Waals surface area contributed by atoms with Gasteiger partial charge in [-0.1, -0.05) is 11.6 Å². The minimum absolute atomic E-state index is 0.248. The number of alkyl halides is 3. The lowest BCUT2D eigenvalue weighted by atomic mass is 9.98. The summed E-state index contributed by atoms with van der Waals surface area (Å²) in [6, 6.07) is 4.40. The molecule has 112 valence electrons. The first-order valence-corrected chi connectivity index (χ1v) is 6.61. The Labute approximate surface area is 115 Å². The number of aryl methyl sites for hydroxylation is 1. The van der Waals surface area contributed by atoms with E-state index in [0.717, 1.165) is 19.3 Å². The van der Waals surface area contributed by atoms with Crippen molar-refractivity contribution in [2.75, 3.05) is 18.0 Å². The normalized spacial score (nSPS) is 17.4. The molecule has 0 bridgehead atoms. The van der Waals surface area contributed by atoms with E-state index in [0.29, 0.717) is 18.7 Å². The van der Waals surface area contributed by atoms with Gasteiger partial charge in [-0.05, 0) is 38.3 Å². The molecule has 0 aliphatic carbocycles. The third kappa shape index (κ3) is 2.76. The van der Waals surface area contributed by atoms with Crippen LogP contribution in [0.3, 0.4) is 0 Å². The van der Waals surface area contributed by atoms with Crippen LogP contribution in [0.25, 0.3) is 0 Å². The first kappa shape index (κ1) is 15.1. The van der Waals surface area contributed by atoms with Crippen LogP contribution in [0.15, 0.2) is 18.2 Å². The van der Waals surface area contributed by atoms with E-state index in [2.05, 4.69) is 0 Å². The van der Waals surface area contributed by atoms with E-state index in [4.69, 9.17) is 0 Å². The molecule has 2 N–H and O–H groups in total. The number of piperidine rings is 1. The number of nitrogens with zero attached hydrogens (tertiary/aromatic N) is 1. The number of rotatable bonds is 2. The minimum atomic E-state index is -5.13. The van der Waals surface area contributed by atoms with Gasteiger partial charge < -0.3 is 15.1 Å². The first-order valence-electron chi connectivity index (χ1n) is 6.61. The van der Waals surface area contributed by atoms with Gasteiger partial charge in [0, 0.05) is 24.3 Å². The molecular formula is C14H18F3NO2. The fourth-order valence-corrected chi connectivity index (χ4v) is 2.49. The van der Waals surface area contributed by atoms with E-state index >= 15 is 0 Å². The molecule has 0 spiro atoms. The molecule has 0 saturated carbocycles. The molecule has 1 heterocycles. The summed E-state index contributed by atoms with van der Waals surface area (Å²) in [6.45, 7) is 2.88. The van der Waals surface area contributed by atoms with Gasteiger partial charge in [0.25, 0.3) is 5.79 Å². The molecule has 0 radical (unpaired) electrons. The maximum absolute atomic E-state index is 12.9. The Morgan fingerprint density at radius 3 is 2.20 bits per heavy atom. The van der Waals surface area contributed by atoms with Crippen LogP contribution in [0.1, 0.15) is 30.4 Å². The molecule has 6 heteroatoms. The predicted molar refractivity (Wildman–Crippen MR) is 69.4 cm³/mol. The second kappa shape index (κ2) is 5.26. The summed E-state index contributed by atoms with van der Waals surface area (Å²) in [6.07, 6.45) is -2.31. The summed E-state index contributed by atoms with van der Waals surface area (Å²) in [5.74, 6) is -3.83. The highest BCUT2D eigenvalue weighted by Gasteiger charge is 2.55. The van der Waals surface area contributed by atoms with Gasteiger partial charge in [-0.2, -0.15) is 13.2 Å². The largest absolute Gasteiger partial charge is 0.447 e. The van der Waals surface area contributed by atoms with E-state index in [1.54, 1.807) is 17.9 Å². The maximum Gasteiger partial charge on any atom is 0.447 e. The van der Waals surface area contributed by atoms with Crippen LogP contribution in [-0.2, 0) is 5.79 Å². The number of aliphatic hydroxyl groups is 2. The van der Waals surface area contributed by atoms with Gasteiger partial charge >= 0.3 is 6.18 Å². The number of anilines is 1. The molecule has 0 atom stereocenters. The Morgan fingerprint density at radius 2 is 1.65 bits per heavy atom. The van der Waals surface area contributed by atoms with E-state index < -0.39 is 17.5 Å². The average Bonchev–Trinajstić information content (AvgIpc) is 2.38. The molecule has 1 aliphatic heterocycles. The molecule has 0 unspecified atom stereocenters. The minimum Gasteiger partial charge on any atom is -0.371 e. The van der Waals surface area contributed by atoms with E-state index in [1.165, 1.54) is 12.1 Å². The van der Waals surface area contributed by atoms with E-state index in [9.17, 15) is 23.4 Å². The topological polar surface area (TPSA) is 43.7 Å². The SMILES string of the molecule is Cc1ccc(N2CCCCC2)c(C(O)(O)C(F)(F)F)c1. The molecule has 0 aromatic heterocycles. The van der Waals surface area contributed by atoms with Crippen LogP contribution >= 0.6 is 0 Å². The predicted octanol–water partition coefficient (Wildman–Crippen LogP) is 2.69. The average molecular weight is 289 g/mol. The molecule has 3 nitrogen and oxygen atoms in total. The van der Waals surface area contributed by atoms with Gasteiger partial charge in [0.1, 0.15) is 0 Å². The Hall–Kier alpha value is -1.27. The lowest BCUT2D eigenvalue weighted by Gasteiger charge is -2.34. The first-order chi connectivity index (χ1) is 9.23. The van der Waals surface area contributed by atoms with Crippen molar-refractivity contribution >= 4 is 5.69 Å². The lowest BCUT2D eigenvalue weighted by Crippen LogP contribution is -2.44. The second-order valence-electron chi connectivity index (χ2n) is 5.24. The number of halogens is 3. The van der Waals surface area contributed by atoms with Crippen molar-refractivity contribution in [3.05, 3.63) is 29.3 Å². The van der Waals surface area contributed by atoms with Gasteiger partial charge in [0.2, 0.25) is 0 Å². The quantitative estimate of drug-likeness (QED) is 0.823.